The topological polar surface area (TPSA) is 140 Å². The van der Waals surface area contributed by atoms with Crippen LogP contribution in [0.4, 0.5) is 0 Å². The Bertz CT molecular complexity index is 1080. The third kappa shape index (κ3) is 3.05. The van der Waals surface area contributed by atoms with Crippen molar-refractivity contribution in [3.05, 3.63) is 35.1 Å². The van der Waals surface area contributed by atoms with Crippen molar-refractivity contribution in [2.24, 2.45) is 5.92 Å². The zero-order valence-corrected chi connectivity index (χ0v) is 18.2. The van der Waals surface area contributed by atoms with Crippen LogP contribution in [0.3, 0.4) is 0 Å². The number of aliphatic carboxylic acids is 1. The average Bonchev–Trinajstić information content (AvgIpc) is 3.11. The second-order valence-corrected chi connectivity index (χ2v) is 9.39. The van der Waals surface area contributed by atoms with E-state index >= 15 is 0 Å². The van der Waals surface area contributed by atoms with E-state index in [0.29, 0.717) is 18.6 Å². The molecule has 1 aliphatic heterocycles. The van der Waals surface area contributed by atoms with Gasteiger partial charge in [0.05, 0.1) is 23.9 Å². The van der Waals surface area contributed by atoms with Crippen LogP contribution in [0.15, 0.2) is 24.0 Å². The molecule has 1 heterocycles. The van der Waals surface area contributed by atoms with Crippen molar-refractivity contribution in [2.45, 2.75) is 75.1 Å². The van der Waals surface area contributed by atoms with Crippen molar-refractivity contribution in [1.82, 2.24) is 0 Å². The molecule has 5 rings (SSSR count). The van der Waals surface area contributed by atoms with Crippen LogP contribution in [0, 0.1) is 5.92 Å². The van der Waals surface area contributed by atoms with E-state index in [9.17, 15) is 24.6 Å². The van der Waals surface area contributed by atoms with Crippen LogP contribution in [0.1, 0.15) is 56.6 Å². The zero-order chi connectivity index (χ0) is 23.5. The van der Waals surface area contributed by atoms with Crippen LogP contribution in [0.2, 0.25) is 0 Å². The second kappa shape index (κ2) is 7.48. The number of aromatic hydroxyl groups is 1. The number of aliphatic hydroxyl groups is 1. The summed E-state index contributed by atoms with van der Waals surface area (Å²) in [7, 11) is 0. The molecule has 176 valence electrons. The van der Waals surface area contributed by atoms with Crippen molar-refractivity contribution in [3.8, 4) is 11.5 Å². The minimum Gasteiger partial charge on any atom is -0.504 e. The third-order valence-corrected chi connectivity index (χ3v) is 7.66. The standard InChI is InChI=1S/C24H26O9/c1-12(31-18(28)7-6-17(26)27)22(29)32-16-8-10-24(30)14-3-2-9-23(24)19-13(11-14)4-5-15(25)20(19)33-21(16)23/h4-5,8,12,14,21,25,30H,2-3,6-7,9-11H2,1H3,(H,26,27)/t12-,14+,21-,23-,24+/m0/s1. The fourth-order valence-corrected chi connectivity index (χ4v) is 6.24. The fraction of sp³-hybridized carbons (Fsp3) is 0.542. The summed E-state index contributed by atoms with van der Waals surface area (Å²) in [6, 6.07) is 3.47. The molecule has 9 heteroatoms. The van der Waals surface area contributed by atoms with Crippen LogP contribution >= 0.6 is 0 Å². The van der Waals surface area contributed by atoms with Gasteiger partial charge >= 0.3 is 17.9 Å². The minimum absolute atomic E-state index is 0.0182. The first kappa shape index (κ1) is 21.8. The van der Waals surface area contributed by atoms with E-state index in [0.717, 1.165) is 24.0 Å². The molecule has 0 unspecified atom stereocenters. The molecular formula is C24H26O9. The third-order valence-electron chi connectivity index (χ3n) is 7.66. The summed E-state index contributed by atoms with van der Waals surface area (Å²) in [5, 5.41) is 31.1. The van der Waals surface area contributed by atoms with Gasteiger partial charge < -0.3 is 29.5 Å². The van der Waals surface area contributed by atoms with Crippen molar-refractivity contribution in [3.63, 3.8) is 0 Å². The highest BCUT2D eigenvalue weighted by Gasteiger charge is 2.70. The van der Waals surface area contributed by atoms with E-state index in [1.807, 2.05) is 6.07 Å². The highest BCUT2D eigenvalue weighted by molar-refractivity contribution is 5.81. The maximum Gasteiger partial charge on any atom is 0.352 e. The van der Waals surface area contributed by atoms with Crippen molar-refractivity contribution < 1.29 is 43.9 Å². The molecule has 9 nitrogen and oxygen atoms in total. The maximum atomic E-state index is 12.7. The van der Waals surface area contributed by atoms with E-state index in [1.54, 1.807) is 12.1 Å². The van der Waals surface area contributed by atoms with Crippen LogP contribution < -0.4 is 4.74 Å². The molecule has 0 radical (unpaired) electrons. The number of hydrogen-bond donors (Lipinski definition) is 3. The number of carboxylic acid groups (broad SMARTS) is 1. The molecule has 1 aromatic rings. The Balaban J connectivity index is 1.42. The van der Waals surface area contributed by atoms with Gasteiger partial charge in [-0.1, -0.05) is 12.5 Å². The predicted molar refractivity (Wildman–Crippen MR) is 111 cm³/mol. The quantitative estimate of drug-likeness (QED) is 0.547. The van der Waals surface area contributed by atoms with Gasteiger partial charge in [0.15, 0.2) is 23.7 Å². The lowest BCUT2D eigenvalue weighted by atomic mass is 9.47. The molecule has 33 heavy (non-hydrogen) atoms. The summed E-state index contributed by atoms with van der Waals surface area (Å²) in [5.41, 5.74) is -0.0652. The maximum absolute atomic E-state index is 12.7. The van der Waals surface area contributed by atoms with Crippen LogP contribution in [-0.2, 0) is 35.7 Å². The molecule has 1 saturated carbocycles. The molecule has 1 fully saturated rings. The van der Waals surface area contributed by atoms with Gasteiger partial charge in [-0.2, -0.15) is 0 Å². The Morgan fingerprint density at radius 1 is 1.27 bits per heavy atom. The van der Waals surface area contributed by atoms with Crippen molar-refractivity contribution in [2.75, 3.05) is 0 Å². The molecule has 3 aliphatic carbocycles. The number of esters is 2. The summed E-state index contributed by atoms with van der Waals surface area (Å²) in [6.45, 7) is 1.35. The molecule has 0 amide bonds. The van der Waals surface area contributed by atoms with E-state index < -0.39 is 47.6 Å². The van der Waals surface area contributed by atoms with Gasteiger partial charge in [-0.15, -0.1) is 0 Å². The Labute approximate surface area is 189 Å². The van der Waals surface area contributed by atoms with Gasteiger partial charge in [0.25, 0.3) is 0 Å². The van der Waals surface area contributed by atoms with E-state index in [1.165, 1.54) is 6.92 Å². The molecule has 1 aromatic carbocycles. The van der Waals surface area contributed by atoms with Crippen molar-refractivity contribution in [1.29, 1.82) is 0 Å². The molecule has 3 N–H and O–H groups in total. The number of carbonyl (C=O) groups is 3. The zero-order valence-electron chi connectivity index (χ0n) is 18.2. The fourth-order valence-electron chi connectivity index (χ4n) is 6.24. The summed E-state index contributed by atoms with van der Waals surface area (Å²) < 4.78 is 16.8. The monoisotopic (exact) mass is 458 g/mol. The van der Waals surface area contributed by atoms with Gasteiger partial charge in [-0.05, 0) is 56.2 Å². The Morgan fingerprint density at radius 3 is 2.82 bits per heavy atom. The average molecular weight is 458 g/mol. The van der Waals surface area contributed by atoms with E-state index in [2.05, 4.69) is 0 Å². The van der Waals surface area contributed by atoms with Gasteiger partial charge in [0.2, 0.25) is 0 Å². The molecule has 1 spiro atoms. The first-order chi connectivity index (χ1) is 15.7. The van der Waals surface area contributed by atoms with Gasteiger partial charge in [-0.25, -0.2) is 4.79 Å². The number of phenols is 1. The Hall–Kier alpha value is -3.07. The number of hydrogen-bond acceptors (Lipinski definition) is 8. The van der Waals surface area contributed by atoms with E-state index in [-0.39, 0.29) is 30.3 Å². The molecular weight excluding hydrogens is 432 g/mol. The smallest absolute Gasteiger partial charge is 0.352 e. The highest BCUT2D eigenvalue weighted by atomic mass is 16.6. The lowest BCUT2D eigenvalue weighted by molar-refractivity contribution is -0.171. The second-order valence-electron chi connectivity index (χ2n) is 9.39. The van der Waals surface area contributed by atoms with Crippen LogP contribution in [0.25, 0.3) is 0 Å². The number of carbonyl (C=O) groups excluding carboxylic acids is 2. The molecule has 0 saturated heterocycles. The largest absolute Gasteiger partial charge is 0.504 e. The Morgan fingerprint density at radius 2 is 2.06 bits per heavy atom. The van der Waals surface area contributed by atoms with Crippen LogP contribution in [-0.4, -0.2) is 51.0 Å². The summed E-state index contributed by atoms with van der Waals surface area (Å²) in [4.78, 5) is 35.1. The van der Waals surface area contributed by atoms with Gasteiger partial charge in [0, 0.05) is 5.56 Å². The summed E-state index contributed by atoms with van der Waals surface area (Å²) >= 11 is 0. The van der Waals surface area contributed by atoms with Crippen LogP contribution in [0.5, 0.6) is 11.5 Å². The number of carboxylic acids is 1. The normalized spacial score (nSPS) is 31.5. The van der Waals surface area contributed by atoms with Gasteiger partial charge in [-0.3, -0.25) is 9.59 Å². The predicted octanol–water partition coefficient (Wildman–Crippen LogP) is 2.11. The number of ether oxygens (including phenoxy) is 3. The van der Waals surface area contributed by atoms with E-state index in [4.69, 9.17) is 19.3 Å². The Kier molecular flexibility index (Phi) is 4.93. The number of rotatable bonds is 6. The van der Waals surface area contributed by atoms with Gasteiger partial charge in [0.1, 0.15) is 5.76 Å². The number of benzene rings is 1. The molecule has 5 atom stereocenters. The first-order valence-corrected chi connectivity index (χ1v) is 11.2. The lowest BCUT2D eigenvalue weighted by Crippen LogP contribution is -2.67. The summed E-state index contributed by atoms with van der Waals surface area (Å²) in [5.74, 6) is -2.21. The molecule has 0 aromatic heterocycles. The highest BCUT2D eigenvalue weighted by Crippen LogP contribution is 2.67. The van der Waals surface area contributed by atoms with Crippen molar-refractivity contribution >= 4 is 17.9 Å². The molecule has 2 bridgehead atoms. The first-order valence-electron chi connectivity index (χ1n) is 11.2. The lowest BCUT2D eigenvalue weighted by Gasteiger charge is -2.59. The summed E-state index contributed by atoms with van der Waals surface area (Å²) in [6.07, 6.45) is 2.24. The minimum atomic E-state index is -1.25. The molecule has 4 aliphatic rings. The SMILES string of the molecule is C[C@H](OC(=O)CCC(=O)O)C(=O)OC1=CC[C@@]2(O)[C@@H]3CCC[C@@]24c2c(ccc(O)c2O[C@@H]14)C3. The number of phenolic OH excluding ortho intramolecular Hbond substituents is 1.